The molecule has 0 aliphatic heterocycles. The second kappa shape index (κ2) is 20.5. The van der Waals surface area contributed by atoms with E-state index in [9.17, 15) is 14.4 Å². The molecule has 7 nitrogen and oxygen atoms in total. The molecule has 3 atom stereocenters. The van der Waals surface area contributed by atoms with Crippen molar-refractivity contribution in [2.24, 2.45) is 5.92 Å². The van der Waals surface area contributed by atoms with Crippen LogP contribution in [0.25, 0.3) is 0 Å². The predicted octanol–water partition coefficient (Wildman–Crippen LogP) is 7.54. The standard InChI is InChI=1S/C32H53NO6/c1-6-7-8-9-10-11-12-13-14-15-19-22-29(26(2)23-34)38-30(35)28(33-31(36)39-32(3,4)5)25-37-24-27-20-17-16-18-21-27/h16-18,20-21,23,26,28-29H,6-15,19,22,24-25H2,1-5H3,(H,33,36)/t26-,28-,29+/m0/s1. The Morgan fingerprint density at radius 1 is 0.897 bits per heavy atom. The number of hydrogen-bond acceptors (Lipinski definition) is 6. The second-order valence-corrected chi connectivity index (χ2v) is 11.5. The van der Waals surface area contributed by atoms with Gasteiger partial charge >= 0.3 is 12.1 Å². The Balaban J connectivity index is 2.57. The van der Waals surface area contributed by atoms with Crippen LogP contribution in [0, 0.1) is 5.92 Å². The monoisotopic (exact) mass is 547 g/mol. The summed E-state index contributed by atoms with van der Waals surface area (Å²) in [6.07, 6.45) is 13.6. The van der Waals surface area contributed by atoms with Gasteiger partial charge in [-0.25, -0.2) is 9.59 Å². The van der Waals surface area contributed by atoms with Gasteiger partial charge in [0.25, 0.3) is 0 Å². The summed E-state index contributed by atoms with van der Waals surface area (Å²) in [4.78, 5) is 37.1. The maximum Gasteiger partial charge on any atom is 0.408 e. The third-order valence-electron chi connectivity index (χ3n) is 6.53. The molecule has 222 valence electrons. The topological polar surface area (TPSA) is 90.9 Å². The lowest BCUT2D eigenvalue weighted by atomic mass is 9.99. The molecule has 0 aromatic heterocycles. The molecule has 1 aromatic carbocycles. The van der Waals surface area contributed by atoms with Crippen LogP contribution < -0.4 is 5.32 Å². The molecule has 0 saturated carbocycles. The molecular weight excluding hydrogens is 494 g/mol. The maximum atomic E-state index is 13.1. The average Bonchev–Trinajstić information content (AvgIpc) is 2.89. The third-order valence-corrected chi connectivity index (χ3v) is 6.53. The van der Waals surface area contributed by atoms with Gasteiger partial charge in [0.05, 0.1) is 13.2 Å². The van der Waals surface area contributed by atoms with Gasteiger partial charge in [-0.15, -0.1) is 0 Å². The molecule has 1 amide bonds. The van der Waals surface area contributed by atoms with Gasteiger partial charge in [0, 0.05) is 5.92 Å². The zero-order chi connectivity index (χ0) is 28.9. The number of benzene rings is 1. The van der Waals surface area contributed by atoms with E-state index in [2.05, 4.69) is 12.2 Å². The fraction of sp³-hybridized carbons (Fsp3) is 0.719. The molecular formula is C32H53NO6. The summed E-state index contributed by atoms with van der Waals surface area (Å²) < 4.78 is 16.8. The van der Waals surface area contributed by atoms with Gasteiger partial charge < -0.3 is 24.3 Å². The minimum atomic E-state index is -1.05. The Labute approximate surface area is 236 Å². The Bertz CT molecular complexity index is 792. The van der Waals surface area contributed by atoms with Crippen LogP contribution in [0.15, 0.2) is 30.3 Å². The Morgan fingerprint density at radius 2 is 1.46 bits per heavy atom. The maximum absolute atomic E-state index is 13.1. The summed E-state index contributed by atoms with van der Waals surface area (Å²) in [6, 6.07) is 8.51. The molecule has 1 rings (SSSR count). The first-order chi connectivity index (χ1) is 18.7. The molecule has 0 aliphatic rings. The van der Waals surface area contributed by atoms with Gasteiger partial charge in [-0.1, -0.05) is 108 Å². The number of ether oxygens (including phenoxy) is 3. The molecule has 0 spiro atoms. The second-order valence-electron chi connectivity index (χ2n) is 11.5. The average molecular weight is 548 g/mol. The summed E-state index contributed by atoms with van der Waals surface area (Å²) in [6.45, 7) is 9.46. The predicted molar refractivity (Wildman–Crippen MR) is 155 cm³/mol. The van der Waals surface area contributed by atoms with Crippen molar-refractivity contribution in [1.82, 2.24) is 5.32 Å². The van der Waals surface area contributed by atoms with E-state index >= 15 is 0 Å². The first kappa shape index (κ1) is 34.6. The highest BCUT2D eigenvalue weighted by atomic mass is 16.6. The zero-order valence-corrected chi connectivity index (χ0v) is 25.0. The smallest absolute Gasteiger partial charge is 0.408 e. The van der Waals surface area contributed by atoms with Crippen molar-refractivity contribution >= 4 is 18.3 Å². The Hall–Kier alpha value is -2.41. The zero-order valence-electron chi connectivity index (χ0n) is 25.0. The number of unbranched alkanes of at least 4 members (excludes halogenated alkanes) is 10. The van der Waals surface area contributed by atoms with E-state index in [1.54, 1.807) is 27.7 Å². The van der Waals surface area contributed by atoms with Crippen LogP contribution in [-0.2, 0) is 30.4 Å². The van der Waals surface area contributed by atoms with Crippen LogP contribution in [0.3, 0.4) is 0 Å². The van der Waals surface area contributed by atoms with E-state index in [4.69, 9.17) is 14.2 Å². The molecule has 0 unspecified atom stereocenters. The third kappa shape index (κ3) is 17.7. The molecule has 39 heavy (non-hydrogen) atoms. The van der Waals surface area contributed by atoms with Gasteiger partial charge in [0.2, 0.25) is 0 Å². The van der Waals surface area contributed by atoms with E-state index in [0.717, 1.165) is 31.1 Å². The number of amides is 1. The highest BCUT2D eigenvalue weighted by Gasteiger charge is 2.29. The van der Waals surface area contributed by atoms with E-state index < -0.39 is 35.7 Å². The largest absolute Gasteiger partial charge is 0.460 e. The van der Waals surface area contributed by atoms with Crippen molar-refractivity contribution < 1.29 is 28.6 Å². The molecule has 0 heterocycles. The van der Waals surface area contributed by atoms with E-state index in [0.29, 0.717) is 6.42 Å². The van der Waals surface area contributed by atoms with Crippen LogP contribution >= 0.6 is 0 Å². The lowest BCUT2D eigenvalue weighted by molar-refractivity contribution is -0.156. The lowest BCUT2D eigenvalue weighted by Gasteiger charge is -2.26. The van der Waals surface area contributed by atoms with Crippen molar-refractivity contribution in [2.45, 2.75) is 136 Å². The van der Waals surface area contributed by atoms with E-state index in [-0.39, 0.29) is 13.2 Å². The highest BCUT2D eigenvalue weighted by molar-refractivity contribution is 5.81. The molecule has 0 fully saturated rings. The molecule has 1 aromatic rings. The van der Waals surface area contributed by atoms with Gasteiger partial charge in [-0.3, -0.25) is 0 Å². The van der Waals surface area contributed by atoms with Gasteiger partial charge in [0.1, 0.15) is 18.0 Å². The van der Waals surface area contributed by atoms with Crippen molar-refractivity contribution in [3.05, 3.63) is 35.9 Å². The molecule has 0 radical (unpaired) electrons. The summed E-state index contributed by atoms with van der Waals surface area (Å²) in [5.74, 6) is -1.07. The van der Waals surface area contributed by atoms with Crippen LogP contribution in [0.1, 0.15) is 117 Å². The molecule has 0 saturated heterocycles. The minimum absolute atomic E-state index is 0.0758. The molecule has 7 heteroatoms. The van der Waals surface area contributed by atoms with Crippen molar-refractivity contribution in [2.75, 3.05) is 6.61 Å². The number of rotatable bonds is 21. The molecule has 1 N–H and O–H groups in total. The first-order valence-corrected chi connectivity index (χ1v) is 14.9. The number of carbonyl (C=O) groups is 3. The van der Waals surface area contributed by atoms with Crippen LogP contribution in [0.4, 0.5) is 4.79 Å². The quantitative estimate of drug-likeness (QED) is 0.0971. The van der Waals surface area contributed by atoms with Crippen LogP contribution in [0.2, 0.25) is 0 Å². The Kier molecular flexibility index (Phi) is 18.2. The van der Waals surface area contributed by atoms with Gasteiger partial charge in [-0.2, -0.15) is 0 Å². The van der Waals surface area contributed by atoms with Crippen LogP contribution in [0.5, 0.6) is 0 Å². The summed E-state index contributed by atoms with van der Waals surface area (Å²) in [7, 11) is 0. The van der Waals surface area contributed by atoms with Gasteiger partial charge in [-0.05, 0) is 39.2 Å². The highest BCUT2D eigenvalue weighted by Crippen LogP contribution is 2.18. The summed E-state index contributed by atoms with van der Waals surface area (Å²) in [5.41, 5.74) is 0.235. The van der Waals surface area contributed by atoms with Crippen molar-refractivity contribution in [3.8, 4) is 0 Å². The number of nitrogens with one attached hydrogen (secondary N) is 1. The van der Waals surface area contributed by atoms with E-state index in [1.807, 2.05) is 30.3 Å². The number of aldehydes is 1. The Morgan fingerprint density at radius 3 is 2.00 bits per heavy atom. The lowest BCUT2D eigenvalue weighted by Crippen LogP contribution is -2.48. The summed E-state index contributed by atoms with van der Waals surface area (Å²) in [5, 5.41) is 2.58. The number of esters is 1. The summed E-state index contributed by atoms with van der Waals surface area (Å²) >= 11 is 0. The molecule has 0 aliphatic carbocycles. The number of hydrogen-bond donors (Lipinski definition) is 1. The molecule has 0 bridgehead atoms. The minimum Gasteiger partial charge on any atom is -0.460 e. The SMILES string of the molecule is CCCCCCCCCCCCC[C@@H](OC(=O)[C@H](COCc1ccccc1)NC(=O)OC(C)(C)C)[C@@H](C)C=O. The van der Waals surface area contributed by atoms with Crippen LogP contribution in [-0.4, -0.2) is 42.7 Å². The fourth-order valence-electron chi connectivity index (χ4n) is 4.25. The number of carbonyl (C=O) groups excluding carboxylic acids is 3. The number of alkyl carbamates (subject to hydrolysis) is 1. The van der Waals surface area contributed by atoms with Crippen molar-refractivity contribution in [1.29, 1.82) is 0 Å². The first-order valence-electron chi connectivity index (χ1n) is 14.9. The van der Waals surface area contributed by atoms with Crippen molar-refractivity contribution in [3.63, 3.8) is 0 Å². The normalized spacial score (nSPS) is 13.8. The van der Waals surface area contributed by atoms with E-state index in [1.165, 1.54) is 51.4 Å². The van der Waals surface area contributed by atoms with Gasteiger partial charge in [0.15, 0.2) is 6.04 Å². The fourth-order valence-corrected chi connectivity index (χ4v) is 4.25.